The Hall–Kier alpha value is -4.20. The van der Waals surface area contributed by atoms with Gasteiger partial charge in [0.2, 0.25) is 5.91 Å². The molecule has 0 aromatic heterocycles. The lowest BCUT2D eigenvalue weighted by Gasteiger charge is -2.35. The van der Waals surface area contributed by atoms with E-state index in [1.807, 2.05) is 47.4 Å². The highest BCUT2D eigenvalue weighted by molar-refractivity contribution is 6.00. The quantitative estimate of drug-likeness (QED) is 0.453. The molecule has 0 bridgehead atoms. The molecule has 2 amide bonds. The molecular formula is C30H33N3O5. The number of benzene rings is 3. The summed E-state index contributed by atoms with van der Waals surface area (Å²) in [5.74, 6) is -0.625. The fourth-order valence-corrected chi connectivity index (χ4v) is 5.30. The Labute approximate surface area is 222 Å². The van der Waals surface area contributed by atoms with Crippen LogP contribution in [-0.4, -0.2) is 57.5 Å². The first-order valence-electron chi connectivity index (χ1n) is 13.0. The molecule has 0 unspecified atom stereocenters. The van der Waals surface area contributed by atoms with Gasteiger partial charge in [0.15, 0.2) is 0 Å². The number of fused-ring (bicyclic) bond motifs is 1. The van der Waals surface area contributed by atoms with Crippen molar-refractivity contribution in [1.29, 1.82) is 0 Å². The van der Waals surface area contributed by atoms with Gasteiger partial charge in [0.1, 0.15) is 29.4 Å². The van der Waals surface area contributed by atoms with Crippen LogP contribution in [0.15, 0.2) is 60.7 Å². The Morgan fingerprint density at radius 1 is 1.03 bits per heavy atom. The van der Waals surface area contributed by atoms with Crippen LogP contribution in [0.5, 0.6) is 17.2 Å². The first kappa shape index (κ1) is 25.4. The van der Waals surface area contributed by atoms with Crippen molar-refractivity contribution in [3.63, 3.8) is 0 Å². The standard InChI is InChI=1S/C30H33N3O5/c1-20(34)32-13-6-10-23(17-32)31-26-11-5-9-22-12-14-33(18-25(22)26)30(37)29-27(36)15-24(35)16-28(29)38-19-21-7-3-2-4-8-21/h2-5,7-9,11,15-16,23,31,35-36H,6,10,12-14,17-19H2,1H3/t23-/m0/s1. The van der Waals surface area contributed by atoms with E-state index >= 15 is 0 Å². The summed E-state index contributed by atoms with van der Waals surface area (Å²) in [6.45, 7) is 4.11. The van der Waals surface area contributed by atoms with E-state index in [0.717, 1.165) is 42.3 Å². The molecule has 3 aromatic carbocycles. The fraction of sp³-hybridized carbons (Fsp3) is 0.333. The highest BCUT2D eigenvalue weighted by atomic mass is 16.5. The molecule has 0 radical (unpaired) electrons. The molecule has 0 spiro atoms. The molecule has 3 aromatic rings. The van der Waals surface area contributed by atoms with E-state index in [4.69, 9.17) is 4.74 Å². The minimum absolute atomic E-state index is 0.0389. The minimum Gasteiger partial charge on any atom is -0.508 e. The van der Waals surface area contributed by atoms with Crippen LogP contribution in [0.25, 0.3) is 0 Å². The van der Waals surface area contributed by atoms with Gasteiger partial charge in [-0.15, -0.1) is 0 Å². The molecule has 2 heterocycles. The number of carbonyl (C=O) groups is 2. The Kier molecular flexibility index (Phi) is 7.40. The Morgan fingerprint density at radius 3 is 2.63 bits per heavy atom. The van der Waals surface area contributed by atoms with E-state index in [0.29, 0.717) is 26.1 Å². The van der Waals surface area contributed by atoms with Crippen molar-refractivity contribution in [1.82, 2.24) is 9.80 Å². The molecule has 0 saturated carbocycles. The van der Waals surface area contributed by atoms with Crippen molar-refractivity contribution in [2.24, 2.45) is 0 Å². The summed E-state index contributed by atoms with van der Waals surface area (Å²) in [7, 11) is 0. The second-order valence-electron chi connectivity index (χ2n) is 9.98. The fourth-order valence-electron chi connectivity index (χ4n) is 5.30. The second kappa shape index (κ2) is 11.0. The molecule has 5 rings (SSSR count). The summed E-state index contributed by atoms with van der Waals surface area (Å²) < 4.78 is 5.91. The number of aromatic hydroxyl groups is 2. The van der Waals surface area contributed by atoms with Crippen LogP contribution in [0, 0.1) is 0 Å². The number of rotatable bonds is 6. The lowest BCUT2D eigenvalue weighted by molar-refractivity contribution is -0.129. The number of nitrogens with zero attached hydrogens (tertiary/aromatic N) is 2. The Bertz CT molecular complexity index is 1330. The van der Waals surface area contributed by atoms with Crippen LogP contribution in [0.1, 0.15) is 46.8 Å². The maximum atomic E-state index is 13.7. The average Bonchev–Trinajstić information content (AvgIpc) is 2.92. The number of anilines is 1. The number of likely N-dealkylation sites (tertiary alicyclic amines) is 1. The third kappa shape index (κ3) is 5.54. The maximum absolute atomic E-state index is 13.7. The van der Waals surface area contributed by atoms with Crippen LogP contribution >= 0.6 is 0 Å². The van der Waals surface area contributed by atoms with Crippen molar-refractivity contribution < 1.29 is 24.5 Å². The number of phenols is 2. The molecule has 3 N–H and O–H groups in total. The summed E-state index contributed by atoms with van der Waals surface area (Å²) in [5.41, 5.74) is 4.12. The zero-order valence-electron chi connectivity index (χ0n) is 21.5. The average molecular weight is 516 g/mol. The summed E-state index contributed by atoms with van der Waals surface area (Å²) in [6, 6.07) is 18.3. The van der Waals surface area contributed by atoms with Crippen molar-refractivity contribution >= 4 is 17.5 Å². The number of nitrogens with one attached hydrogen (secondary N) is 1. The summed E-state index contributed by atoms with van der Waals surface area (Å²) >= 11 is 0. The lowest BCUT2D eigenvalue weighted by atomic mass is 9.96. The van der Waals surface area contributed by atoms with Crippen LogP contribution in [0.4, 0.5) is 5.69 Å². The first-order chi connectivity index (χ1) is 18.4. The van der Waals surface area contributed by atoms with Crippen LogP contribution in [0.2, 0.25) is 0 Å². The predicted molar refractivity (Wildman–Crippen MR) is 144 cm³/mol. The van der Waals surface area contributed by atoms with Gasteiger partial charge in [0.05, 0.1) is 0 Å². The Morgan fingerprint density at radius 2 is 1.84 bits per heavy atom. The molecule has 8 nitrogen and oxygen atoms in total. The molecule has 8 heteroatoms. The predicted octanol–water partition coefficient (Wildman–Crippen LogP) is 4.30. The zero-order chi connectivity index (χ0) is 26.6. The van der Waals surface area contributed by atoms with E-state index in [1.165, 1.54) is 11.6 Å². The van der Waals surface area contributed by atoms with E-state index < -0.39 is 0 Å². The summed E-state index contributed by atoms with van der Waals surface area (Å²) in [6.07, 6.45) is 2.60. The smallest absolute Gasteiger partial charge is 0.261 e. The minimum atomic E-state index is -0.355. The summed E-state index contributed by atoms with van der Waals surface area (Å²) in [5, 5.41) is 24.4. The number of piperidine rings is 1. The SMILES string of the molecule is CC(=O)N1CCC[C@H](Nc2cccc3c2CN(C(=O)c2c(O)cc(O)cc2OCc2ccccc2)CC3)C1. The van der Waals surface area contributed by atoms with E-state index in [-0.39, 0.29) is 47.3 Å². The number of hydrogen-bond donors (Lipinski definition) is 3. The van der Waals surface area contributed by atoms with Gasteiger partial charge in [-0.05, 0) is 42.0 Å². The zero-order valence-corrected chi connectivity index (χ0v) is 21.5. The maximum Gasteiger partial charge on any atom is 0.261 e. The van der Waals surface area contributed by atoms with Crippen molar-refractivity contribution in [3.05, 3.63) is 82.9 Å². The van der Waals surface area contributed by atoms with Crippen LogP contribution < -0.4 is 10.1 Å². The molecule has 2 aliphatic heterocycles. The van der Waals surface area contributed by atoms with Gasteiger partial charge in [-0.2, -0.15) is 0 Å². The molecule has 1 atom stereocenters. The van der Waals surface area contributed by atoms with Gasteiger partial charge in [0, 0.05) is 57.0 Å². The van der Waals surface area contributed by atoms with Crippen molar-refractivity contribution in [3.8, 4) is 17.2 Å². The normalized spacial score (nSPS) is 17.0. The second-order valence-corrected chi connectivity index (χ2v) is 9.98. The third-order valence-electron chi connectivity index (χ3n) is 7.30. The largest absolute Gasteiger partial charge is 0.508 e. The topological polar surface area (TPSA) is 102 Å². The molecule has 198 valence electrons. The third-order valence-corrected chi connectivity index (χ3v) is 7.30. The highest BCUT2D eigenvalue weighted by Gasteiger charge is 2.29. The highest BCUT2D eigenvalue weighted by Crippen LogP contribution is 2.36. The van der Waals surface area contributed by atoms with E-state index in [1.54, 1.807) is 11.8 Å². The van der Waals surface area contributed by atoms with Gasteiger partial charge in [-0.3, -0.25) is 9.59 Å². The van der Waals surface area contributed by atoms with Crippen molar-refractivity contribution in [2.45, 2.75) is 45.4 Å². The van der Waals surface area contributed by atoms with Crippen molar-refractivity contribution in [2.75, 3.05) is 25.0 Å². The molecule has 1 fully saturated rings. The van der Waals surface area contributed by atoms with E-state index in [2.05, 4.69) is 11.4 Å². The van der Waals surface area contributed by atoms with Gasteiger partial charge in [-0.25, -0.2) is 0 Å². The first-order valence-corrected chi connectivity index (χ1v) is 13.0. The monoisotopic (exact) mass is 515 g/mol. The summed E-state index contributed by atoms with van der Waals surface area (Å²) in [4.78, 5) is 29.2. The number of carbonyl (C=O) groups excluding carboxylic acids is 2. The number of ether oxygens (including phenoxy) is 1. The molecule has 1 saturated heterocycles. The number of phenolic OH excluding ortho intramolecular Hbond substituents is 2. The lowest BCUT2D eigenvalue weighted by Crippen LogP contribution is -2.44. The van der Waals surface area contributed by atoms with Crippen LogP contribution in [0.3, 0.4) is 0 Å². The van der Waals surface area contributed by atoms with Gasteiger partial charge >= 0.3 is 0 Å². The van der Waals surface area contributed by atoms with Crippen LogP contribution in [-0.2, 0) is 24.4 Å². The molecule has 2 aliphatic rings. The van der Waals surface area contributed by atoms with E-state index in [9.17, 15) is 19.8 Å². The van der Waals surface area contributed by atoms with Gasteiger partial charge in [0.25, 0.3) is 5.91 Å². The van der Waals surface area contributed by atoms with Gasteiger partial charge < -0.3 is 30.1 Å². The van der Waals surface area contributed by atoms with Gasteiger partial charge in [-0.1, -0.05) is 42.5 Å². The molecule has 0 aliphatic carbocycles. The number of amides is 2. The Balaban J connectivity index is 1.36. The number of hydrogen-bond acceptors (Lipinski definition) is 6. The molecular weight excluding hydrogens is 482 g/mol. The molecule has 38 heavy (non-hydrogen) atoms.